The summed E-state index contributed by atoms with van der Waals surface area (Å²) in [6.45, 7) is 2.14. The molecule has 1 fully saturated rings. The van der Waals surface area contributed by atoms with Gasteiger partial charge in [-0.05, 0) is 24.5 Å². The number of carbonyl (C=O) groups excluding carboxylic acids is 1. The van der Waals surface area contributed by atoms with Crippen molar-refractivity contribution in [2.24, 2.45) is 5.92 Å². The van der Waals surface area contributed by atoms with Crippen LogP contribution in [0.25, 0.3) is 0 Å². The third-order valence-electron chi connectivity index (χ3n) is 2.43. The minimum atomic E-state index is -0.598. The van der Waals surface area contributed by atoms with Gasteiger partial charge in [-0.2, -0.15) is 0 Å². The van der Waals surface area contributed by atoms with Gasteiger partial charge in [0.1, 0.15) is 5.76 Å². The molecular formula is C9H11NO3. The van der Waals surface area contributed by atoms with Crippen molar-refractivity contribution in [1.82, 2.24) is 5.48 Å². The number of hydroxylamine groups is 1. The Hall–Kier alpha value is -1.29. The van der Waals surface area contributed by atoms with E-state index in [1.54, 1.807) is 12.1 Å². The molecule has 2 atom stereocenters. The molecule has 1 aliphatic rings. The Morgan fingerprint density at radius 3 is 2.92 bits per heavy atom. The highest BCUT2D eigenvalue weighted by Gasteiger charge is 2.36. The Labute approximate surface area is 75.5 Å². The number of rotatable bonds is 2. The van der Waals surface area contributed by atoms with Crippen molar-refractivity contribution in [2.45, 2.75) is 19.3 Å². The van der Waals surface area contributed by atoms with Crippen LogP contribution in [0.4, 0.5) is 0 Å². The fourth-order valence-electron chi connectivity index (χ4n) is 1.45. The summed E-state index contributed by atoms with van der Waals surface area (Å²) >= 11 is 0. The molecule has 2 rings (SSSR count). The molecule has 1 aromatic rings. The molecule has 0 bridgehead atoms. The molecule has 1 amide bonds. The lowest BCUT2D eigenvalue weighted by atomic mass is 10.3. The van der Waals surface area contributed by atoms with Crippen molar-refractivity contribution in [3.63, 3.8) is 0 Å². The van der Waals surface area contributed by atoms with Crippen molar-refractivity contribution >= 4 is 5.91 Å². The fraction of sp³-hybridized carbons (Fsp3) is 0.444. The molecule has 2 unspecified atom stereocenters. The van der Waals surface area contributed by atoms with Gasteiger partial charge in [0.2, 0.25) is 0 Å². The molecular weight excluding hydrogens is 170 g/mol. The van der Waals surface area contributed by atoms with Crippen LogP contribution in [0.2, 0.25) is 0 Å². The maximum atomic E-state index is 10.9. The van der Waals surface area contributed by atoms with Gasteiger partial charge in [0.25, 0.3) is 0 Å². The lowest BCUT2D eigenvalue weighted by Gasteiger charge is -1.93. The van der Waals surface area contributed by atoms with E-state index in [1.807, 2.05) is 0 Å². The quantitative estimate of drug-likeness (QED) is 0.537. The van der Waals surface area contributed by atoms with Crippen molar-refractivity contribution < 1.29 is 14.4 Å². The van der Waals surface area contributed by atoms with E-state index in [-0.39, 0.29) is 5.76 Å². The average Bonchev–Trinajstić information content (AvgIpc) is 2.70. The molecule has 1 heterocycles. The van der Waals surface area contributed by atoms with E-state index in [1.165, 1.54) is 5.48 Å². The van der Waals surface area contributed by atoms with E-state index in [0.717, 1.165) is 12.2 Å². The molecule has 4 heteroatoms. The number of hydrogen-bond acceptors (Lipinski definition) is 3. The maximum absolute atomic E-state index is 10.9. The molecule has 1 aliphatic carbocycles. The lowest BCUT2D eigenvalue weighted by molar-refractivity contribution is 0.0674. The van der Waals surface area contributed by atoms with E-state index in [2.05, 4.69) is 6.92 Å². The van der Waals surface area contributed by atoms with Gasteiger partial charge in [-0.3, -0.25) is 10.0 Å². The van der Waals surface area contributed by atoms with Crippen molar-refractivity contribution in [1.29, 1.82) is 0 Å². The largest absolute Gasteiger partial charge is 0.456 e. The van der Waals surface area contributed by atoms with Gasteiger partial charge in [0.05, 0.1) is 0 Å². The van der Waals surface area contributed by atoms with Crippen LogP contribution in [0.1, 0.15) is 35.6 Å². The van der Waals surface area contributed by atoms with Gasteiger partial charge >= 0.3 is 5.91 Å². The standard InChI is InChI=1S/C9H11NO3/c1-5-4-6(5)7-2-3-8(13-7)9(11)10-12/h2-3,5-6,12H,4H2,1H3,(H,10,11). The Balaban J connectivity index is 2.14. The molecule has 0 spiro atoms. The molecule has 2 N–H and O–H groups in total. The summed E-state index contributed by atoms with van der Waals surface area (Å²) in [6, 6.07) is 3.37. The molecule has 0 radical (unpaired) electrons. The van der Waals surface area contributed by atoms with Gasteiger partial charge < -0.3 is 4.42 Å². The van der Waals surface area contributed by atoms with Crippen molar-refractivity contribution in [2.75, 3.05) is 0 Å². The van der Waals surface area contributed by atoms with Gasteiger partial charge in [0.15, 0.2) is 5.76 Å². The Morgan fingerprint density at radius 1 is 1.69 bits per heavy atom. The van der Waals surface area contributed by atoms with Crippen LogP contribution < -0.4 is 5.48 Å². The predicted molar refractivity (Wildman–Crippen MR) is 44.5 cm³/mol. The highest BCUT2D eigenvalue weighted by molar-refractivity contribution is 5.90. The monoisotopic (exact) mass is 181 g/mol. The summed E-state index contributed by atoms with van der Waals surface area (Å²) in [4.78, 5) is 10.9. The molecule has 0 aliphatic heterocycles. The van der Waals surface area contributed by atoms with E-state index in [0.29, 0.717) is 11.8 Å². The van der Waals surface area contributed by atoms with Gasteiger partial charge in [-0.1, -0.05) is 6.92 Å². The van der Waals surface area contributed by atoms with E-state index < -0.39 is 5.91 Å². The van der Waals surface area contributed by atoms with Crippen LogP contribution in [0.3, 0.4) is 0 Å². The third kappa shape index (κ3) is 1.45. The molecule has 4 nitrogen and oxygen atoms in total. The first-order valence-electron chi connectivity index (χ1n) is 4.26. The smallest absolute Gasteiger partial charge is 0.310 e. The molecule has 0 saturated heterocycles. The normalized spacial score (nSPS) is 25.7. The minimum Gasteiger partial charge on any atom is -0.456 e. The van der Waals surface area contributed by atoms with Crippen LogP contribution in [0, 0.1) is 5.92 Å². The van der Waals surface area contributed by atoms with Crippen LogP contribution in [0.5, 0.6) is 0 Å². The third-order valence-corrected chi connectivity index (χ3v) is 2.43. The highest BCUT2D eigenvalue weighted by Crippen LogP contribution is 2.47. The van der Waals surface area contributed by atoms with Gasteiger partial charge in [0, 0.05) is 5.92 Å². The second-order valence-electron chi connectivity index (χ2n) is 3.46. The number of hydrogen-bond donors (Lipinski definition) is 2. The van der Waals surface area contributed by atoms with Gasteiger partial charge in [-0.15, -0.1) is 0 Å². The predicted octanol–water partition coefficient (Wildman–Crippen LogP) is 1.52. The first-order valence-corrected chi connectivity index (χ1v) is 4.26. The Morgan fingerprint density at radius 2 is 2.38 bits per heavy atom. The van der Waals surface area contributed by atoms with E-state index >= 15 is 0 Å². The summed E-state index contributed by atoms with van der Waals surface area (Å²) in [5.41, 5.74) is 1.53. The zero-order valence-corrected chi connectivity index (χ0v) is 7.28. The molecule has 1 saturated carbocycles. The van der Waals surface area contributed by atoms with Crippen LogP contribution in [-0.2, 0) is 0 Å². The average molecular weight is 181 g/mol. The zero-order valence-electron chi connectivity index (χ0n) is 7.28. The van der Waals surface area contributed by atoms with Gasteiger partial charge in [-0.25, -0.2) is 5.48 Å². The fourth-order valence-corrected chi connectivity index (χ4v) is 1.45. The van der Waals surface area contributed by atoms with Crippen molar-refractivity contribution in [3.05, 3.63) is 23.7 Å². The van der Waals surface area contributed by atoms with Crippen LogP contribution >= 0.6 is 0 Å². The summed E-state index contributed by atoms with van der Waals surface area (Å²) in [5.74, 6) is 1.51. The summed E-state index contributed by atoms with van der Waals surface area (Å²) in [7, 11) is 0. The second-order valence-corrected chi connectivity index (χ2v) is 3.46. The van der Waals surface area contributed by atoms with Crippen molar-refractivity contribution in [3.8, 4) is 0 Å². The summed E-state index contributed by atoms with van der Waals surface area (Å²) < 4.78 is 5.26. The number of nitrogens with one attached hydrogen (secondary N) is 1. The molecule has 0 aromatic carbocycles. The maximum Gasteiger partial charge on any atom is 0.310 e. The molecule has 13 heavy (non-hydrogen) atoms. The topological polar surface area (TPSA) is 62.5 Å². The van der Waals surface area contributed by atoms with Crippen LogP contribution in [-0.4, -0.2) is 11.1 Å². The number of carbonyl (C=O) groups is 1. The second kappa shape index (κ2) is 2.88. The first kappa shape index (κ1) is 8.31. The van der Waals surface area contributed by atoms with E-state index in [9.17, 15) is 4.79 Å². The molecule has 1 aromatic heterocycles. The minimum absolute atomic E-state index is 0.164. The Bertz CT molecular complexity index is 331. The number of furan rings is 1. The SMILES string of the molecule is CC1CC1c1ccc(C(=O)NO)o1. The summed E-state index contributed by atoms with van der Waals surface area (Å²) in [6.07, 6.45) is 1.12. The summed E-state index contributed by atoms with van der Waals surface area (Å²) in [5, 5.41) is 8.34. The number of amides is 1. The Kier molecular flexibility index (Phi) is 1.84. The van der Waals surface area contributed by atoms with Crippen LogP contribution in [0.15, 0.2) is 16.5 Å². The molecule has 70 valence electrons. The van der Waals surface area contributed by atoms with E-state index in [4.69, 9.17) is 9.62 Å². The lowest BCUT2D eigenvalue weighted by Crippen LogP contribution is -2.17. The highest BCUT2D eigenvalue weighted by atomic mass is 16.5. The zero-order chi connectivity index (χ0) is 9.42. The first-order chi connectivity index (χ1) is 6.22.